The van der Waals surface area contributed by atoms with Gasteiger partial charge < -0.3 is 14.6 Å². The molecule has 1 saturated heterocycles. The van der Waals surface area contributed by atoms with Crippen molar-refractivity contribution < 1.29 is 42.2 Å². The number of nitrogens with one attached hydrogen (secondary N) is 2. The molecule has 1 aliphatic heterocycles. The normalized spacial score (nSPS) is 25.8. The molecule has 0 aliphatic carbocycles. The SMILES string of the molecule is CC(C)OC(=O)[C@@H](C)N[P@](=O)(OCCSC(=O)C(C)(C)C)OC[C@H]1O[C@@H](n2ccc(=O)[nH]c2=O)[C@](F)(Cl)[C@@H]1O. The van der Waals surface area contributed by atoms with Crippen LogP contribution in [0.1, 0.15) is 47.8 Å². The maximum atomic E-state index is 15.2. The van der Waals surface area contributed by atoms with Crippen LogP contribution in [0.5, 0.6) is 0 Å². The standard InChI is InChI=1S/C22H34ClFN3O10PS/c1-12(2)36-17(30)13(3)26-38(33,34-9-10-39-19(31)21(4,5)6)35-11-14-16(29)22(23,24)18(37-14)27-8-7-15(28)25-20(27)32/h7-8,12-14,16,18,29H,9-11H2,1-6H3,(H,26,33)(H,25,28,32)/t13-,14-,16-,18-,22+,38+/m1/s1. The second kappa shape index (κ2) is 13.4. The number of ether oxygens (including phenoxy) is 2. The van der Waals surface area contributed by atoms with Crippen LogP contribution in [0.15, 0.2) is 21.9 Å². The van der Waals surface area contributed by atoms with E-state index in [0.29, 0.717) is 4.57 Å². The molecule has 1 fully saturated rings. The Morgan fingerprint density at radius 3 is 2.54 bits per heavy atom. The molecule has 1 aliphatic rings. The molecule has 0 aromatic carbocycles. The summed E-state index contributed by atoms with van der Waals surface area (Å²) in [4.78, 5) is 49.8. The Morgan fingerprint density at radius 2 is 1.97 bits per heavy atom. The van der Waals surface area contributed by atoms with Gasteiger partial charge in [-0.15, -0.1) is 0 Å². The fraction of sp³-hybridized carbons (Fsp3) is 0.727. The zero-order chi connectivity index (χ0) is 29.8. The van der Waals surface area contributed by atoms with E-state index in [2.05, 4.69) is 5.09 Å². The number of aromatic amines is 1. The Hall–Kier alpha value is -1.58. The number of carbonyl (C=O) groups is 2. The van der Waals surface area contributed by atoms with Crippen molar-refractivity contribution in [2.45, 2.75) is 77.3 Å². The highest BCUT2D eigenvalue weighted by Crippen LogP contribution is 2.48. The summed E-state index contributed by atoms with van der Waals surface area (Å²) < 4.78 is 50.6. The molecule has 0 radical (unpaired) electrons. The zero-order valence-electron chi connectivity index (χ0n) is 22.3. The number of aliphatic hydroxyl groups is 1. The first-order chi connectivity index (χ1) is 17.9. The lowest BCUT2D eigenvalue weighted by molar-refractivity contribution is -0.149. The summed E-state index contributed by atoms with van der Waals surface area (Å²) in [7, 11) is -4.35. The molecule has 0 unspecified atom stereocenters. The van der Waals surface area contributed by atoms with Gasteiger partial charge in [-0.25, -0.2) is 18.8 Å². The van der Waals surface area contributed by atoms with E-state index in [-0.39, 0.29) is 17.5 Å². The number of carbonyl (C=O) groups excluding carboxylic acids is 2. The first-order valence-electron chi connectivity index (χ1n) is 11.9. The van der Waals surface area contributed by atoms with Crippen molar-refractivity contribution in [2.24, 2.45) is 5.41 Å². The Balaban J connectivity index is 2.16. The third-order valence-electron chi connectivity index (χ3n) is 5.14. The van der Waals surface area contributed by atoms with Crippen molar-refractivity contribution in [3.8, 4) is 0 Å². The monoisotopic (exact) mass is 617 g/mol. The van der Waals surface area contributed by atoms with Gasteiger partial charge in [-0.3, -0.25) is 33.0 Å². The minimum absolute atomic E-state index is 0.102. The molecule has 222 valence electrons. The van der Waals surface area contributed by atoms with Crippen molar-refractivity contribution in [3.63, 3.8) is 0 Å². The lowest BCUT2D eigenvalue weighted by Gasteiger charge is -2.25. The maximum Gasteiger partial charge on any atom is 0.406 e. The van der Waals surface area contributed by atoms with Crippen LogP contribution in [0, 0.1) is 5.41 Å². The summed E-state index contributed by atoms with van der Waals surface area (Å²) in [6.07, 6.45) is -5.02. The molecule has 39 heavy (non-hydrogen) atoms. The van der Waals surface area contributed by atoms with Gasteiger partial charge in [-0.05, 0) is 20.8 Å². The van der Waals surface area contributed by atoms with Crippen LogP contribution < -0.4 is 16.3 Å². The van der Waals surface area contributed by atoms with Gasteiger partial charge in [0.2, 0.25) is 0 Å². The number of aromatic nitrogens is 2. The quantitative estimate of drug-likeness (QED) is 0.135. The van der Waals surface area contributed by atoms with Crippen LogP contribution >= 0.6 is 31.1 Å². The molecule has 0 bridgehead atoms. The predicted molar refractivity (Wildman–Crippen MR) is 141 cm³/mol. The third kappa shape index (κ3) is 9.22. The van der Waals surface area contributed by atoms with Gasteiger partial charge in [0.1, 0.15) is 18.2 Å². The van der Waals surface area contributed by atoms with Gasteiger partial charge in [0.25, 0.3) is 10.7 Å². The van der Waals surface area contributed by atoms with Crippen molar-refractivity contribution in [1.82, 2.24) is 14.6 Å². The Labute approximate surface area is 233 Å². The number of hydrogen-bond acceptors (Lipinski definition) is 11. The fourth-order valence-electron chi connectivity index (χ4n) is 3.13. The largest absolute Gasteiger partial charge is 0.462 e. The number of esters is 1. The average Bonchev–Trinajstić information content (AvgIpc) is 3.03. The predicted octanol–water partition coefficient (Wildman–Crippen LogP) is 2.08. The lowest BCUT2D eigenvalue weighted by atomic mass is 10.00. The first-order valence-corrected chi connectivity index (χ1v) is 14.9. The van der Waals surface area contributed by atoms with Crippen LogP contribution in [0.3, 0.4) is 0 Å². The van der Waals surface area contributed by atoms with Gasteiger partial charge in [-0.1, -0.05) is 44.1 Å². The highest BCUT2D eigenvalue weighted by molar-refractivity contribution is 8.13. The zero-order valence-corrected chi connectivity index (χ0v) is 24.8. The molecule has 13 nitrogen and oxygen atoms in total. The van der Waals surface area contributed by atoms with Gasteiger partial charge >= 0.3 is 19.4 Å². The average molecular weight is 618 g/mol. The molecule has 0 saturated carbocycles. The molecule has 1 aromatic rings. The Bertz CT molecular complexity index is 1190. The number of rotatable bonds is 12. The molecule has 6 atom stereocenters. The molecular weight excluding hydrogens is 584 g/mol. The molecular formula is C22H34ClFN3O10PS. The second-order valence-electron chi connectivity index (χ2n) is 10.0. The summed E-state index contributed by atoms with van der Waals surface area (Å²) in [6.45, 7) is 8.83. The summed E-state index contributed by atoms with van der Waals surface area (Å²) in [6, 6.07) is -0.239. The fourth-order valence-corrected chi connectivity index (χ4v) is 5.82. The van der Waals surface area contributed by atoms with Gasteiger partial charge in [0, 0.05) is 23.4 Å². The van der Waals surface area contributed by atoms with E-state index in [9.17, 15) is 28.8 Å². The van der Waals surface area contributed by atoms with E-state index in [4.69, 9.17) is 30.1 Å². The number of thioether (sulfide) groups is 1. The van der Waals surface area contributed by atoms with E-state index in [1.165, 1.54) is 6.92 Å². The molecule has 2 rings (SSSR count). The van der Waals surface area contributed by atoms with E-state index in [1.54, 1.807) is 34.6 Å². The van der Waals surface area contributed by atoms with Crippen molar-refractivity contribution >= 4 is 42.2 Å². The molecule has 0 amide bonds. The number of aliphatic hydroxyl groups excluding tert-OH is 1. The van der Waals surface area contributed by atoms with Gasteiger partial charge in [0.05, 0.1) is 19.3 Å². The second-order valence-corrected chi connectivity index (χ2v) is 13.4. The maximum absolute atomic E-state index is 15.2. The number of nitrogens with zero attached hydrogens (tertiary/aromatic N) is 1. The number of halogens is 2. The van der Waals surface area contributed by atoms with Gasteiger partial charge in [0.15, 0.2) is 11.3 Å². The smallest absolute Gasteiger partial charge is 0.406 e. The number of hydrogen-bond donors (Lipinski definition) is 3. The van der Waals surface area contributed by atoms with Crippen molar-refractivity contribution in [1.29, 1.82) is 0 Å². The van der Waals surface area contributed by atoms with Crippen LogP contribution in [0.2, 0.25) is 0 Å². The van der Waals surface area contributed by atoms with E-state index < -0.39 is 72.7 Å². The minimum Gasteiger partial charge on any atom is -0.462 e. The van der Waals surface area contributed by atoms with Crippen LogP contribution in [-0.2, 0) is 32.7 Å². The molecule has 3 N–H and O–H groups in total. The highest BCUT2D eigenvalue weighted by Gasteiger charge is 2.58. The van der Waals surface area contributed by atoms with E-state index in [0.717, 1.165) is 24.0 Å². The third-order valence-corrected chi connectivity index (χ3v) is 8.51. The Kier molecular flexibility index (Phi) is 11.5. The summed E-state index contributed by atoms with van der Waals surface area (Å²) >= 11 is 6.81. The topological polar surface area (TPSA) is 175 Å². The lowest BCUT2D eigenvalue weighted by Crippen LogP contribution is -2.42. The summed E-state index contributed by atoms with van der Waals surface area (Å²) in [5.74, 6) is -0.654. The molecule has 0 spiro atoms. The highest BCUT2D eigenvalue weighted by atomic mass is 35.5. The summed E-state index contributed by atoms with van der Waals surface area (Å²) in [5.41, 5.74) is -2.40. The molecule has 2 heterocycles. The Morgan fingerprint density at radius 1 is 1.33 bits per heavy atom. The molecule has 1 aromatic heterocycles. The van der Waals surface area contributed by atoms with Crippen molar-refractivity contribution in [2.75, 3.05) is 19.0 Å². The van der Waals surface area contributed by atoms with Crippen LogP contribution in [0.4, 0.5) is 4.39 Å². The van der Waals surface area contributed by atoms with Crippen LogP contribution in [0.25, 0.3) is 0 Å². The minimum atomic E-state index is -4.35. The number of alkyl halides is 2. The van der Waals surface area contributed by atoms with E-state index >= 15 is 4.39 Å². The van der Waals surface area contributed by atoms with Gasteiger partial charge in [-0.2, -0.15) is 0 Å². The molecule has 17 heteroatoms. The van der Waals surface area contributed by atoms with E-state index in [1.807, 2.05) is 4.98 Å². The van der Waals surface area contributed by atoms with Crippen LogP contribution in [-0.4, -0.2) is 74.2 Å². The number of H-pyrrole nitrogens is 1. The first kappa shape index (κ1) is 33.6. The summed E-state index contributed by atoms with van der Waals surface area (Å²) in [5, 5.41) is 9.70. The van der Waals surface area contributed by atoms with Crippen molar-refractivity contribution in [3.05, 3.63) is 33.1 Å².